The Morgan fingerprint density at radius 3 is 1.69 bits per heavy atom. The SMILES string of the molecule is O=C(c1cc(C(F)(F)F)cc(C(F)(F)F)c1)N1CCN(c2ccc(F)cc2)CC1. The summed E-state index contributed by atoms with van der Waals surface area (Å²) < 4.78 is 90.9. The van der Waals surface area contributed by atoms with Crippen molar-refractivity contribution in [2.24, 2.45) is 0 Å². The number of halogens is 7. The zero-order valence-electron chi connectivity index (χ0n) is 14.8. The maximum absolute atomic E-state index is 13.0. The second-order valence-corrected chi connectivity index (χ2v) is 6.55. The fraction of sp³-hybridized carbons (Fsp3) is 0.316. The lowest BCUT2D eigenvalue weighted by Gasteiger charge is -2.36. The van der Waals surface area contributed by atoms with E-state index in [0.29, 0.717) is 30.9 Å². The molecule has 0 N–H and O–H groups in total. The lowest BCUT2D eigenvalue weighted by Crippen LogP contribution is -2.48. The molecule has 10 heteroatoms. The Balaban J connectivity index is 1.79. The summed E-state index contributed by atoms with van der Waals surface area (Å²) in [5.74, 6) is -1.31. The number of alkyl halides is 6. The van der Waals surface area contributed by atoms with Gasteiger partial charge in [-0.2, -0.15) is 26.3 Å². The number of rotatable bonds is 2. The van der Waals surface area contributed by atoms with Crippen LogP contribution in [-0.2, 0) is 12.4 Å². The van der Waals surface area contributed by atoms with E-state index in [0.717, 1.165) is 0 Å². The molecular formula is C19H15F7N2O. The average Bonchev–Trinajstić information content (AvgIpc) is 2.66. The van der Waals surface area contributed by atoms with Crippen LogP contribution in [0.15, 0.2) is 42.5 Å². The monoisotopic (exact) mass is 420 g/mol. The maximum Gasteiger partial charge on any atom is 0.416 e. The Morgan fingerprint density at radius 1 is 0.759 bits per heavy atom. The maximum atomic E-state index is 13.0. The van der Waals surface area contributed by atoms with Gasteiger partial charge in [0.1, 0.15) is 5.82 Å². The summed E-state index contributed by atoms with van der Waals surface area (Å²) in [5.41, 5.74) is -3.01. The summed E-state index contributed by atoms with van der Waals surface area (Å²) in [6.07, 6.45) is -10.0. The predicted molar refractivity (Wildman–Crippen MR) is 91.0 cm³/mol. The molecule has 0 bridgehead atoms. The molecule has 0 radical (unpaired) electrons. The van der Waals surface area contributed by atoms with Crippen molar-refractivity contribution in [3.8, 4) is 0 Å². The standard InChI is InChI=1S/C19H15F7N2O/c20-15-1-3-16(4-2-15)27-5-7-28(8-6-27)17(29)12-9-13(18(21,22)23)11-14(10-12)19(24,25)26/h1-4,9-11H,5-8H2. The first-order chi connectivity index (χ1) is 13.4. The predicted octanol–water partition coefficient (Wildman–Crippen LogP) is 4.83. The van der Waals surface area contributed by atoms with E-state index in [4.69, 9.17) is 0 Å². The Labute approximate surface area is 161 Å². The van der Waals surface area contributed by atoms with Gasteiger partial charge in [-0.25, -0.2) is 4.39 Å². The van der Waals surface area contributed by atoms with Gasteiger partial charge in [-0.15, -0.1) is 0 Å². The van der Waals surface area contributed by atoms with Crippen LogP contribution < -0.4 is 4.90 Å². The Bertz CT molecular complexity index is 851. The van der Waals surface area contributed by atoms with Crippen LogP contribution in [0, 0.1) is 5.82 Å². The van der Waals surface area contributed by atoms with Gasteiger partial charge in [-0.1, -0.05) is 0 Å². The summed E-state index contributed by atoms with van der Waals surface area (Å²) >= 11 is 0. The van der Waals surface area contributed by atoms with Crippen molar-refractivity contribution >= 4 is 11.6 Å². The molecule has 1 aliphatic heterocycles. The molecule has 3 rings (SSSR count). The molecule has 1 amide bonds. The minimum Gasteiger partial charge on any atom is -0.368 e. The minimum absolute atomic E-state index is 0.0107. The summed E-state index contributed by atoms with van der Waals surface area (Å²) in [4.78, 5) is 15.6. The molecule has 1 fully saturated rings. The van der Waals surface area contributed by atoms with E-state index < -0.39 is 40.8 Å². The quantitative estimate of drug-likeness (QED) is 0.651. The van der Waals surface area contributed by atoms with Crippen LogP contribution in [-0.4, -0.2) is 37.0 Å². The highest BCUT2D eigenvalue weighted by Crippen LogP contribution is 2.36. The number of carbonyl (C=O) groups excluding carboxylic acids is 1. The van der Waals surface area contributed by atoms with E-state index in [-0.39, 0.29) is 19.2 Å². The molecule has 3 nitrogen and oxygen atoms in total. The van der Waals surface area contributed by atoms with Crippen LogP contribution in [0.2, 0.25) is 0 Å². The van der Waals surface area contributed by atoms with Crippen molar-refractivity contribution in [1.82, 2.24) is 4.90 Å². The third-order valence-corrected chi connectivity index (χ3v) is 4.59. The van der Waals surface area contributed by atoms with Crippen LogP contribution in [0.25, 0.3) is 0 Å². The molecule has 0 aliphatic carbocycles. The molecular weight excluding hydrogens is 405 g/mol. The van der Waals surface area contributed by atoms with Crippen molar-refractivity contribution in [1.29, 1.82) is 0 Å². The van der Waals surface area contributed by atoms with Crippen LogP contribution >= 0.6 is 0 Å². The van der Waals surface area contributed by atoms with Crippen LogP contribution in [0.5, 0.6) is 0 Å². The molecule has 1 heterocycles. The van der Waals surface area contributed by atoms with Gasteiger partial charge in [0.25, 0.3) is 5.91 Å². The van der Waals surface area contributed by atoms with E-state index in [9.17, 15) is 35.5 Å². The molecule has 0 unspecified atom stereocenters. The number of piperazine rings is 1. The number of hydrogen-bond acceptors (Lipinski definition) is 2. The van der Waals surface area contributed by atoms with Gasteiger partial charge < -0.3 is 9.80 Å². The topological polar surface area (TPSA) is 23.6 Å². The van der Waals surface area contributed by atoms with Gasteiger partial charge in [0.05, 0.1) is 11.1 Å². The molecule has 1 aliphatic rings. The number of nitrogens with zero attached hydrogens (tertiary/aromatic N) is 2. The molecule has 156 valence electrons. The number of amides is 1. The summed E-state index contributed by atoms with van der Waals surface area (Å²) in [7, 11) is 0. The third-order valence-electron chi connectivity index (χ3n) is 4.59. The van der Waals surface area contributed by atoms with Crippen molar-refractivity contribution in [2.75, 3.05) is 31.1 Å². The van der Waals surface area contributed by atoms with Crippen LogP contribution in [0.3, 0.4) is 0 Å². The van der Waals surface area contributed by atoms with E-state index in [1.54, 1.807) is 12.1 Å². The van der Waals surface area contributed by atoms with Crippen molar-refractivity contribution in [3.63, 3.8) is 0 Å². The first-order valence-corrected chi connectivity index (χ1v) is 8.54. The molecule has 0 spiro atoms. The van der Waals surface area contributed by atoms with E-state index in [1.165, 1.54) is 17.0 Å². The van der Waals surface area contributed by atoms with Gasteiger partial charge in [0.2, 0.25) is 0 Å². The van der Waals surface area contributed by atoms with E-state index in [2.05, 4.69) is 0 Å². The lowest BCUT2D eigenvalue weighted by molar-refractivity contribution is -0.143. The van der Waals surface area contributed by atoms with Crippen molar-refractivity contribution in [2.45, 2.75) is 12.4 Å². The molecule has 29 heavy (non-hydrogen) atoms. The molecule has 2 aromatic carbocycles. The molecule has 0 saturated carbocycles. The highest BCUT2D eigenvalue weighted by molar-refractivity contribution is 5.95. The highest BCUT2D eigenvalue weighted by Gasteiger charge is 2.38. The van der Waals surface area contributed by atoms with E-state index in [1.807, 2.05) is 4.90 Å². The summed E-state index contributed by atoms with van der Waals surface area (Å²) in [6.45, 7) is 0.826. The second kappa shape index (κ2) is 7.57. The zero-order chi connectivity index (χ0) is 21.4. The number of carbonyl (C=O) groups is 1. The average molecular weight is 420 g/mol. The largest absolute Gasteiger partial charge is 0.416 e. The lowest BCUT2D eigenvalue weighted by atomic mass is 10.0. The fourth-order valence-electron chi connectivity index (χ4n) is 3.08. The van der Waals surface area contributed by atoms with Crippen molar-refractivity contribution in [3.05, 3.63) is 65.0 Å². The highest BCUT2D eigenvalue weighted by atomic mass is 19.4. The van der Waals surface area contributed by atoms with Crippen LogP contribution in [0.4, 0.5) is 36.4 Å². The van der Waals surface area contributed by atoms with Crippen molar-refractivity contribution < 1.29 is 35.5 Å². The van der Waals surface area contributed by atoms with E-state index >= 15 is 0 Å². The number of benzene rings is 2. The van der Waals surface area contributed by atoms with Crippen LogP contribution in [0.1, 0.15) is 21.5 Å². The molecule has 1 saturated heterocycles. The van der Waals surface area contributed by atoms with Gasteiger partial charge in [0, 0.05) is 37.4 Å². The fourth-order valence-corrected chi connectivity index (χ4v) is 3.08. The first-order valence-electron chi connectivity index (χ1n) is 8.54. The molecule has 0 aromatic heterocycles. The Hall–Kier alpha value is -2.78. The first kappa shape index (κ1) is 20.9. The van der Waals surface area contributed by atoms with Gasteiger partial charge >= 0.3 is 12.4 Å². The van der Waals surface area contributed by atoms with Gasteiger partial charge in [-0.3, -0.25) is 4.79 Å². The zero-order valence-corrected chi connectivity index (χ0v) is 14.8. The second-order valence-electron chi connectivity index (χ2n) is 6.55. The third kappa shape index (κ3) is 4.80. The number of anilines is 1. The normalized spacial score (nSPS) is 15.6. The molecule has 2 aromatic rings. The smallest absolute Gasteiger partial charge is 0.368 e. The summed E-state index contributed by atoms with van der Waals surface area (Å²) in [5, 5.41) is 0. The minimum atomic E-state index is -5.02. The Kier molecular flexibility index (Phi) is 5.46. The Morgan fingerprint density at radius 2 is 1.24 bits per heavy atom. The molecule has 0 atom stereocenters. The summed E-state index contributed by atoms with van der Waals surface area (Å²) in [6, 6.07) is 6.50. The van der Waals surface area contributed by atoms with Gasteiger partial charge in [-0.05, 0) is 42.5 Å². The van der Waals surface area contributed by atoms with Gasteiger partial charge in [0.15, 0.2) is 0 Å². The number of hydrogen-bond donors (Lipinski definition) is 0.